The van der Waals surface area contributed by atoms with Crippen LogP contribution in [-0.4, -0.2) is 6.61 Å². The predicted molar refractivity (Wildman–Crippen MR) is 67.9 cm³/mol. The van der Waals surface area contributed by atoms with Gasteiger partial charge in [-0.15, -0.1) is 0 Å². The van der Waals surface area contributed by atoms with Crippen LogP contribution >= 0.6 is 12.9 Å². The Labute approximate surface area is 125 Å². The van der Waals surface area contributed by atoms with Gasteiger partial charge in [0.1, 0.15) is 0 Å². The molecule has 0 fully saturated rings. The number of thiol groups is 1. The molecule has 0 aromatic heterocycles. The van der Waals surface area contributed by atoms with Crippen LogP contribution in [0.1, 0.15) is 72.6 Å². The minimum absolute atomic E-state index is 0. The molecular formula is C12H27NaOS. The molecule has 0 aromatic carbocycles. The van der Waals surface area contributed by atoms with Crippen molar-refractivity contribution >= 4 is 12.9 Å². The first-order chi connectivity index (χ1) is 6.91. The van der Waals surface area contributed by atoms with Crippen LogP contribution < -0.4 is 29.6 Å². The Morgan fingerprint density at radius 3 is 1.60 bits per heavy atom. The van der Waals surface area contributed by atoms with Gasteiger partial charge in [0.15, 0.2) is 0 Å². The van der Waals surface area contributed by atoms with Crippen LogP contribution in [0.4, 0.5) is 0 Å². The third-order valence-electron chi connectivity index (χ3n) is 2.59. The van der Waals surface area contributed by atoms with Crippen LogP contribution in [0.25, 0.3) is 0 Å². The van der Waals surface area contributed by atoms with Gasteiger partial charge in [-0.25, -0.2) is 0 Å². The maximum Gasteiger partial charge on any atom is 1.00 e. The smallest absolute Gasteiger partial charge is 1.00 e. The zero-order valence-electron chi connectivity index (χ0n) is 11.6. The van der Waals surface area contributed by atoms with E-state index in [0.29, 0.717) is 0 Å². The summed E-state index contributed by atoms with van der Waals surface area (Å²) in [6.07, 6.45) is 13.7. The summed E-state index contributed by atoms with van der Waals surface area (Å²) in [7, 11) is 0. The molecule has 0 unspecified atom stereocenters. The van der Waals surface area contributed by atoms with Crippen molar-refractivity contribution in [2.45, 2.75) is 71.1 Å². The summed E-state index contributed by atoms with van der Waals surface area (Å²) in [5.41, 5.74) is 0. The minimum Gasteiger partial charge on any atom is -1.00 e. The first-order valence-electron chi connectivity index (χ1n) is 6.18. The van der Waals surface area contributed by atoms with Crippen molar-refractivity contribution < 1.29 is 35.2 Å². The summed E-state index contributed by atoms with van der Waals surface area (Å²) in [6.45, 7) is 3.07. The van der Waals surface area contributed by atoms with Crippen molar-refractivity contribution in [1.82, 2.24) is 0 Å². The molecule has 0 radical (unpaired) electrons. The van der Waals surface area contributed by atoms with Crippen molar-refractivity contribution in [3.8, 4) is 0 Å². The molecule has 0 saturated carbocycles. The molecule has 0 rings (SSSR count). The summed E-state index contributed by atoms with van der Waals surface area (Å²) in [4.78, 5) is 0. The quantitative estimate of drug-likeness (QED) is 0.252. The molecule has 3 heteroatoms. The van der Waals surface area contributed by atoms with Crippen LogP contribution in [0.3, 0.4) is 0 Å². The largest absolute Gasteiger partial charge is 1.00 e. The fourth-order valence-corrected chi connectivity index (χ4v) is 1.78. The minimum atomic E-state index is 0. The van der Waals surface area contributed by atoms with Gasteiger partial charge in [0.25, 0.3) is 0 Å². The van der Waals surface area contributed by atoms with Crippen molar-refractivity contribution in [2.24, 2.45) is 0 Å². The van der Waals surface area contributed by atoms with Crippen molar-refractivity contribution in [3.63, 3.8) is 0 Å². The second-order valence-electron chi connectivity index (χ2n) is 4.02. The van der Waals surface area contributed by atoms with Crippen LogP contribution in [-0.2, 0) is 4.18 Å². The Kier molecular flexibility index (Phi) is 22.0. The first-order valence-corrected chi connectivity index (χ1v) is 6.54. The van der Waals surface area contributed by atoms with Crippen LogP contribution in [0.5, 0.6) is 0 Å². The molecule has 0 heterocycles. The third-order valence-corrected chi connectivity index (χ3v) is 2.77. The van der Waals surface area contributed by atoms with Crippen molar-refractivity contribution in [3.05, 3.63) is 0 Å². The Morgan fingerprint density at radius 2 is 1.20 bits per heavy atom. The predicted octanol–water partition coefficient (Wildman–Crippen LogP) is 1.89. The molecule has 0 aromatic rings. The molecule has 0 spiro atoms. The molecule has 88 valence electrons. The number of unbranched alkanes of at least 4 members (excludes halogenated alkanes) is 9. The molecule has 0 amide bonds. The average molecular weight is 242 g/mol. The summed E-state index contributed by atoms with van der Waals surface area (Å²) in [6, 6.07) is 0. The topological polar surface area (TPSA) is 9.23 Å². The van der Waals surface area contributed by atoms with E-state index < -0.39 is 0 Å². The molecular weight excluding hydrogens is 215 g/mol. The average Bonchev–Trinajstić information content (AvgIpc) is 2.21. The third kappa shape index (κ3) is 17.9. The van der Waals surface area contributed by atoms with Gasteiger partial charge in [-0.05, 0) is 19.3 Å². The Hall–Kier alpha value is 1.31. The van der Waals surface area contributed by atoms with Gasteiger partial charge in [-0.1, -0.05) is 64.7 Å². The van der Waals surface area contributed by atoms with E-state index in [0.717, 1.165) is 6.61 Å². The van der Waals surface area contributed by atoms with Crippen molar-refractivity contribution in [1.29, 1.82) is 0 Å². The van der Waals surface area contributed by atoms with Gasteiger partial charge in [-0.2, -0.15) is 0 Å². The zero-order chi connectivity index (χ0) is 10.5. The molecule has 1 nitrogen and oxygen atoms in total. The van der Waals surface area contributed by atoms with E-state index in [9.17, 15) is 0 Å². The van der Waals surface area contributed by atoms with Gasteiger partial charge in [0, 0.05) is 0 Å². The molecule has 0 atom stereocenters. The molecule has 0 N–H and O–H groups in total. The number of hydrogen-bond acceptors (Lipinski definition) is 2. The summed E-state index contributed by atoms with van der Waals surface area (Å²) in [5.74, 6) is 0. The molecule has 0 aliphatic rings. The fourth-order valence-electron chi connectivity index (χ4n) is 1.65. The maximum absolute atomic E-state index is 4.71. The van der Waals surface area contributed by atoms with E-state index >= 15 is 0 Å². The molecule has 0 aliphatic heterocycles. The van der Waals surface area contributed by atoms with Crippen LogP contribution in [0.2, 0.25) is 0 Å². The van der Waals surface area contributed by atoms with Crippen LogP contribution in [0.15, 0.2) is 0 Å². The van der Waals surface area contributed by atoms with Crippen molar-refractivity contribution in [2.75, 3.05) is 6.61 Å². The standard InChI is InChI=1S/C12H26OS.Na.H/c1-2-3-4-5-6-7-8-9-10-11-12-13-14;;/h14H,2-12H2,1H3;;/q;+1;-1. The van der Waals surface area contributed by atoms with E-state index in [4.69, 9.17) is 4.18 Å². The molecule has 0 bridgehead atoms. The van der Waals surface area contributed by atoms with Gasteiger partial charge in [0.05, 0.1) is 6.61 Å². The summed E-state index contributed by atoms with van der Waals surface area (Å²) in [5, 5.41) is 0. The molecule has 15 heavy (non-hydrogen) atoms. The zero-order valence-corrected chi connectivity index (χ0v) is 13.5. The maximum atomic E-state index is 4.71. The van der Waals surface area contributed by atoms with Gasteiger partial charge < -0.3 is 5.61 Å². The normalized spacial score (nSPS) is 10.0. The Bertz CT molecular complexity index is 95.0. The van der Waals surface area contributed by atoms with Gasteiger partial charge in [-0.3, -0.25) is 0 Å². The van der Waals surface area contributed by atoms with E-state index in [-0.39, 0.29) is 31.0 Å². The first kappa shape index (κ1) is 18.7. The monoisotopic (exact) mass is 242 g/mol. The molecule has 0 aliphatic carbocycles. The van der Waals surface area contributed by atoms with Gasteiger partial charge in [0.2, 0.25) is 0 Å². The number of rotatable bonds is 11. The Balaban J connectivity index is -0.000000845. The second-order valence-corrected chi connectivity index (χ2v) is 4.27. The van der Waals surface area contributed by atoms with E-state index in [1.165, 1.54) is 64.2 Å². The number of hydrogen-bond donors (Lipinski definition) is 1. The van der Waals surface area contributed by atoms with E-state index in [1.807, 2.05) is 0 Å². The van der Waals surface area contributed by atoms with E-state index in [2.05, 4.69) is 19.8 Å². The summed E-state index contributed by atoms with van der Waals surface area (Å²) >= 11 is 3.71. The van der Waals surface area contributed by atoms with E-state index in [1.54, 1.807) is 0 Å². The second kappa shape index (κ2) is 17.7. The fraction of sp³-hybridized carbons (Fsp3) is 1.00. The SMILES string of the molecule is CCCCCCCCCCCCOS.[H-].[Na+]. The molecule has 0 saturated heterocycles. The van der Waals surface area contributed by atoms with Gasteiger partial charge >= 0.3 is 29.6 Å². The Morgan fingerprint density at radius 1 is 0.800 bits per heavy atom. The van der Waals surface area contributed by atoms with Crippen LogP contribution in [0, 0.1) is 0 Å². The summed E-state index contributed by atoms with van der Waals surface area (Å²) < 4.78 is 4.71.